The van der Waals surface area contributed by atoms with Crippen molar-refractivity contribution in [3.8, 4) is 0 Å². The monoisotopic (exact) mass is 399 g/mol. The number of unbranched alkanes of at least 4 members (excludes halogenated alkanes) is 1. The summed E-state index contributed by atoms with van der Waals surface area (Å²) in [6.07, 6.45) is 2.04. The molecule has 6 heteroatoms. The molecule has 148 valence electrons. The summed E-state index contributed by atoms with van der Waals surface area (Å²) in [7, 11) is 0. The van der Waals surface area contributed by atoms with E-state index in [0.717, 1.165) is 56.1 Å². The van der Waals surface area contributed by atoms with Gasteiger partial charge in [0.05, 0.1) is 5.52 Å². The third kappa shape index (κ3) is 4.10. The van der Waals surface area contributed by atoms with E-state index in [2.05, 4.69) is 28.9 Å². The quantitative estimate of drug-likeness (QED) is 0.584. The molecule has 0 radical (unpaired) electrons. The zero-order chi connectivity index (χ0) is 19.5. The number of hydrogen-bond acceptors (Lipinski definition) is 4. The largest absolute Gasteiger partial charge is 0.419 e. The second kappa shape index (κ2) is 8.41. The molecule has 28 heavy (non-hydrogen) atoms. The van der Waals surface area contributed by atoms with Crippen molar-refractivity contribution in [2.75, 3.05) is 37.6 Å². The van der Waals surface area contributed by atoms with Crippen LogP contribution in [-0.2, 0) is 6.54 Å². The first kappa shape index (κ1) is 19.1. The lowest BCUT2D eigenvalue weighted by Gasteiger charge is -2.37. The summed E-state index contributed by atoms with van der Waals surface area (Å²) < 4.78 is 7.05. The van der Waals surface area contributed by atoms with Gasteiger partial charge in [0.1, 0.15) is 0 Å². The van der Waals surface area contributed by atoms with Crippen LogP contribution in [0, 0.1) is 6.92 Å². The van der Waals surface area contributed by atoms with Crippen LogP contribution in [0.2, 0.25) is 5.02 Å². The Hall–Kier alpha value is -2.24. The van der Waals surface area contributed by atoms with Gasteiger partial charge in [-0.2, -0.15) is 0 Å². The molecule has 0 bridgehead atoms. The molecule has 1 fully saturated rings. The maximum atomic E-state index is 12.0. The summed E-state index contributed by atoms with van der Waals surface area (Å²) in [6, 6.07) is 13.7. The standard InChI is InChI=1S/C22H26ClN3O2/c1-17-8-9-18(23)16-20(17)25-14-12-24(13-15-25)10-4-5-11-26-19-6-2-3-7-21(19)28-22(26)27/h2-3,6-9,16H,4-5,10-15H2,1H3. The number of aromatic nitrogens is 1. The highest BCUT2D eigenvalue weighted by atomic mass is 35.5. The minimum Gasteiger partial charge on any atom is -0.408 e. The number of oxazole rings is 1. The van der Waals surface area contributed by atoms with Crippen molar-refractivity contribution in [2.45, 2.75) is 26.3 Å². The van der Waals surface area contributed by atoms with Crippen molar-refractivity contribution in [1.29, 1.82) is 0 Å². The molecule has 0 saturated carbocycles. The second-order valence-electron chi connectivity index (χ2n) is 7.45. The third-order valence-electron chi connectivity index (χ3n) is 5.56. The van der Waals surface area contributed by atoms with Crippen molar-refractivity contribution in [1.82, 2.24) is 9.47 Å². The first-order valence-corrected chi connectivity index (χ1v) is 10.3. The fourth-order valence-corrected chi connectivity index (χ4v) is 4.13. The molecule has 2 aromatic carbocycles. The summed E-state index contributed by atoms with van der Waals surface area (Å²) in [6.45, 7) is 8.06. The van der Waals surface area contributed by atoms with Gasteiger partial charge in [0, 0.05) is 43.4 Å². The Bertz CT molecular complexity index is 1000. The lowest BCUT2D eigenvalue weighted by Crippen LogP contribution is -2.46. The molecular formula is C22H26ClN3O2. The maximum Gasteiger partial charge on any atom is 0.419 e. The molecule has 1 aliphatic heterocycles. The highest BCUT2D eigenvalue weighted by Crippen LogP contribution is 2.25. The van der Waals surface area contributed by atoms with Crippen molar-refractivity contribution in [3.05, 3.63) is 63.6 Å². The van der Waals surface area contributed by atoms with Gasteiger partial charge in [0.2, 0.25) is 0 Å². The smallest absolute Gasteiger partial charge is 0.408 e. The molecule has 0 amide bonds. The van der Waals surface area contributed by atoms with Crippen LogP contribution in [0.15, 0.2) is 51.7 Å². The fourth-order valence-electron chi connectivity index (χ4n) is 3.97. The van der Waals surface area contributed by atoms with Gasteiger partial charge >= 0.3 is 5.76 Å². The Labute approximate surface area is 170 Å². The van der Waals surface area contributed by atoms with Crippen LogP contribution in [0.25, 0.3) is 11.1 Å². The van der Waals surface area contributed by atoms with E-state index < -0.39 is 0 Å². The van der Waals surface area contributed by atoms with Crippen molar-refractivity contribution >= 4 is 28.4 Å². The van der Waals surface area contributed by atoms with Crippen LogP contribution < -0.4 is 10.7 Å². The number of halogens is 1. The number of fused-ring (bicyclic) bond motifs is 1. The lowest BCUT2D eigenvalue weighted by atomic mass is 10.1. The minimum absolute atomic E-state index is 0.258. The van der Waals surface area contributed by atoms with E-state index >= 15 is 0 Å². The number of rotatable bonds is 6. The highest BCUT2D eigenvalue weighted by Gasteiger charge is 2.18. The van der Waals surface area contributed by atoms with Gasteiger partial charge in [-0.05, 0) is 56.1 Å². The van der Waals surface area contributed by atoms with E-state index in [1.165, 1.54) is 11.3 Å². The summed E-state index contributed by atoms with van der Waals surface area (Å²) >= 11 is 6.17. The molecular weight excluding hydrogens is 374 g/mol. The van der Waals surface area contributed by atoms with Crippen LogP contribution in [0.1, 0.15) is 18.4 Å². The van der Waals surface area contributed by atoms with Crippen LogP contribution in [0.3, 0.4) is 0 Å². The number of para-hydroxylation sites is 2. The number of nitrogens with zero attached hydrogens (tertiary/aromatic N) is 3. The second-order valence-corrected chi connectivity index (χ2v) is 7.89. The molecule has 4 rings (SSSR count). The SMILES string of the molecule is Cc1ccc(Cl)cc1N1CCN(CCCCn2c(=O)oc3ccccc32)CC1. The molecule has 5 nitrogen and oxygen atoms in total. The molecule has 0 unspecified atom stereocenters. The van der Waals surface area contributed by atoms with Gasteiger partial charge < -0.3 is 9.32 Å². The van der Waals surface area contributed by atoms with Crippen molar-refractivity contribution in [3.63, 3.8) is 0 Å². The van der Waals surface area contributed by atoms with Crippen LogP contribution in [0.4, 0.5) is 5.69 Å². The predicted molar refractivity (Wildman–Crippen MR) is 115 cm³/mol. The zero-order valence-electron chi connectivity index (χ0n) is 16.2. The normalized spacial score (nSPS) is 15.4. The maximum absolute atomic E-state index is 12.0. The summed E-state index contributed by atoms with van der Waals surface area (Å²) in [5.41, 5.74) is 4.08. The van der Waals surface area contributed by atoms with Crippen molar-refractivity contribution in [2.24, 2.45) is 0 Å². The Morgan fingerprint density at radius 2 is 1.75 bits per heavy atom. The number of anilines is 1. The molecule has 2 heterocycles. The van der Waals surface area contributed by atoms with Gasteiger partial charge in [-0.1, -0.05) is 29.8 Å². The van der Waals surface area contributed by atoms with E-state index in [0.29, 0.717) is 12.1 Å². The average Bonchev–Trinajstić information content (AvgIpc) is 3.03. The van der Waals surface area contributed by atoms with E-state index in [1.54, 1.807) is 4.57 Å². The number of hydrogen-bond donors (Lipinski definition) is 0. The predicted octanol–water partition coefficient (Wildman–Crippen LogP) is 4.16. The topological polar surface area (TPSA) is 41.6 Å². The third-order valence-corrected chi connectivity index (χ3v) is 5.80. The summed E-state index contributed by atoms with van der Waals surface area (Å²) in [5, 5.41) is 0.796. The number of benzene rings is 2. The average molecular weight is 400 g/mol. The summed E-state index contributed by atoms with van der Waals surface area (Å²) in [5.74, 6) is -0.258. The number of aryl methyl sites for hydroxylation is 2. The van der Waals surface area contributed by atoms with Gasteiger partial charge in [-0.15, -0.1) is 0 Å². The highest BCUT2D eigenvalue weighted by molar-refractivity contribution is 6.30. The molecule has 0 spiro atoms. The lowest BCUT2D eigenvalue weighted by molar-refractivity contribution is 0.251. The zero-order valence-corrected chi connectivity index (χ0v) is 17.0. The Kier molecular flexibility index (Phi) is 5.74. The molecule has 0 N–H and O–H groups in total. The van der Waals surface area contributed by atoms with Crippen molar-refractivity contribution < 1.29 is 4.42 Å². The number of piperazine rings is 1. The van der Waals surface area contributed by atoms with E-state index in [9.17, 15) is 4.79 Å². The van der Waals surface area contributed by atoms with E-state index in [-0.39, 0.29) is 5.76 Å². The van der Waals surface area contributed by atoms with E-state index in [4.69, 9.17) is 16.0 Å². The molecule has 1 saturated heterocycles. The summed E-state index contributed by atoms with van der Waals surface area (Å²) in [4.78, 5) is 17.0. The van der Waals surface area contributed by atoms with E-state index in [1.807, 2.05) is 30.3 Å². The molecule has 1 aliphatic rings. The Morgan fingerprint density at radius 1 is 1.00 bits per heavy atom. The van der Waals surface area contributed by atoms with Crippen LogP contribution >= 0.6 is 11.6 Å². The van der Waals surface area contributed by atoms with Gasteiger partial charge in [-0.25, -0.2) is 4.79 Å². The fraction of sp³-hybridized carbons (Fsp3) is 0.409. The van der Waals surface area contributed by atoms with Gasteiger partial charge in [-0.3, -0.25) is 9.47 Å². The first-order chi connectivity index (χ1) is 13.6. The Morgan fingerprint density at radius 3 is 2.57 bits per heavy atom. The van der Waals surface area contributed by atoms with Gasteiger partial charge in [0.15, 0.2) is 5.58 Å². The molecule has 1 aromatic heterocycles. The first-order valence-electron chi connectivity index (χ1n) is 9.93. The molecule has 0 atom stereocenters. The minimum atomic E-state index is -0.258. The van der Waals surface area contributed by atoms with Gasteiger partial charge in [0.25, 0.3) is 0 Å². The molecule has 3 aromatic rings. The van der Waals surface area contributed by atoms with Crippen LogP contribution in [-0.4, -0.2) is 42.2 Å². The van der Waals surface area contributed by atoms with Crippen LogP contribution in [0.5, 0.6) is 0 Å². The Balaban J connectivity index is 1.25. The molecule has 0 aliphatic carbocycles.